The lowest BCUT2D eigenvalue weighted by atomic mass is 10.00. The number of nitrogens with one attached hydrogen (secondary N) is 1. The van der Waals surface area contributed by atoms with Crippen molar-refractivity contribution in [3.63, 3.8) is 0 Å². The Morgan fingerprint density at radius 2 is 1.81 bits per heavy atom. The van der Waals surface area contributed by atoms with Gasteiger partial charge in [-0.05, 0) is 30.4 Å². The number of fused-ring (bicyclic) bond motifs is 1. The highest BCUT2D eigenvalue weighted by atomic mass is 16.1. The minimum Gasteiger partial charge on any atom is -0.352 e. The van der Waals surface area contributed by atoms with Gasteiger partial charge in [-0.25, -0.2) is 9.97 Å². The maximum absolute atomic E-state index is 12.6. The van der Waals surface area contributed by atoms with Gasteiger partial charge >= 0.3 is 0 Å². The van der Waals surface area contributed by atoms with Crippen LogP contribution < -0.4 is 10.2 Å². The van der Waals surface area contributed by atoms with Gasteiger partial charge < -0.3 is 10.2 Å². The third-order valence-corrected chi connectivity index (χ3v) is 5.53. The number of amides is 1. The first-order chi connectivity index (χ1) is 12.8. The summed E-state index contributed by atoms with van der Waals surface area (Å²) in [5.41, 5.74) is 3.21. The Labute approximate surface area is 154 Å². The molecule has 1 aromatic heterocycles. The Hall–Kier alpha value is -2.43. The van der Waals surface area contributed by atoms with E-state index in [0.717, 1.165) is 38.2 Å². The second-order valence-electron chi connectivity index (χ2n) is 7.36. The molecule has 5 nitrogen and oxygen atoms in total. The number of hydrogen-bond donors (Lipinski definition) is 1. The molecule has 0 spiro atoms. The van der Waals surface area contributed by atoms with Crippen LogP contribution in [0.3, 0.4) is 0 Å². The summed E-state index contributed by atoms with van der Waals surface area (Å²) < 4.78 is 0. The standard InChI is InChI=1S/C21H26N4O/c26-21(24-18-9-3-1-2-4-10-18)19-13-20(23-15-22-19)25-12-11-16-7-5-6-8-17(16)14-25/h5-8,13,15,18H,1-4,9-12,14H2,(H,24,26). The Balaban J connectivity index is 1.45. The van der Waals surface area contributed by atoms with Crippen molar-refractivity contribution in [1.82, 2.24) is 15.3 Å². The first-order valence-corrected chi connectivity index (χ1v) is 9.74. The van der Waals surface area contributed by atoms with Crippen LogP contribution in [-0.4, -0.2) is 28.5 Å². The minimum absolute atomic E-state index is 0.0713. The van der Waals surface area contributed by atoms with Crippen molar-refractivity contribution < 1.29 is 4.79 Å². The van der Waals surface area contributed by atoms with Crippen LogP contribution in [-0.2, 0) is 13.0 Å². The first kappa shape index (κ1) is 17.0. The molecule has 2 heterocycles. The largest absolute Gasteiger partial charge is 0.352 e. The van der Waals surface area contributed by atoms with E-state index in [0.29, 0.717) is 5.69 Å². The summed E-state index contributed by atoms with van der Waals surface area (Å²) >= 11 is 0. The smallest absolute Gasteiger partial charge is 0.270 e. The van der Waals surface area contributed by atoms with E-state index in [9.17, 15) is 4.79 Å². The average Bonchev–Trinajstić information content (AvgIpc) is 2.96. The van der Waals surface area contributed by atoms with E-state index < -0.39 is 0 Å². The van der Waals surface area contributed by atoms with E-state index in [4.69, 9.17) is 0 Å². The topological polar surface area (TPSA) is 58.1 Å². The second-order valence-corrected chi connectivity index (χ2v) is 7.36. The molecule has 2 aliphatic rings. The summed E-state index contributed by atoms with van der Waals surface area (Å²) in [5.74, 6) is 0.762. The van der Waals surface area contributed by atoms with E-state index in [1.165, 1.54) is 43.1 Å². The number of nitrogens with zero attached hydrogens (tertiary/aromatic N) is 3. The number of hydrogen-bond acceptors (Lipinski definition) is 4. The molecule has 5 heteroatoms. The van der Waals surface area contributed by atoms with Crippen molar-refractivity contribution in [2.45, 2.75) is 57.5 Å². The summed E-state index contributed by atoms with van der Waals surface area (Å²) in [6, 6.07) is 10.6. The molecular formula is C21H26N4O. The lowest BCUT2D eigenvalue weighted by Gasteiger charge is -2.29. The van der Waals surface area contributed by atoms with Gasteiger partial charge in [-0.1, -0.05) is 49.9 Å². The molecule has 1 aliphatic carbocycles. The molecular weight excluding hydrogens is 324 g/mol. The third kappa shape index (κ3) is 3.87. The van der Waals surface area contributed by atoms with Gasteiger partial charge in [0.25, 0.3) is 5.91 Å². The quantitative estimate of drug-likeness (QED) is 0.861. The average molecular weight is 350 g/mol. The molecule has 0 unspecified atom stereocenters. The van der Waals surface area contributed by atoms with Gasteiger partial charge in [0, 0.05) is 25.2 Å². The predicted molar refractivity (Wildman–Crippen MR) is 102 cm³/mol. The Kier molecular flexibility index (Phi) is 5.14. The molecule has 0 bridgehead atoms. The molecule has 0 atom stereocenters. The SMILES string of the molecule is O=C(NC1CCCCCC1)c1cc(N2CCc3ccccc3C2)ncn1. The van der Waals surface area contributed by atoms with Crippen LogP contribution >= 0.6 is 0 Å². The summed E-state index contributed by atoms with van der Waals surface area (Å²) in [4.78, 5) is 23.5. The highest BCUT2D eigenvalue weighted by Gasteiger charge is 2.20. The summed E-state index contributed by atoms with van der Waals surface area (Å²) in [7, 11) is 0. The monoisotopic (exact) mass is 350 g/mol. The second kappa shape index (κ2) is 7.85. The van der Waals surface area contributed by atoms with Gasteiger partial charge in [0.15, 0.2) is 0 Å². The van der Waals surface area contributed by atoms with Crippen molar-refractivity contribution >= 4 is 11.7 Å². The van der Waals surface area contributed by atoms with E-state index in [1.807, 2.05) is 6.07 Å². The molecule has 1 fully saturated rings. The zero-order valence-electron chi connectivity index (χ0n) is 15.2. The normalized spacial score (nSPS) is 18.1. The molecule has 136 valence electrons. The molecule has 1 saturated carbocycles. The minimum atomic E-state index is -0.0713. The number of benzene rings is 1. The van der Waals surface area contributed by atoms with Crippen LogP contribution in [0.2, 0.25) is 0 Å². The van der Waals surface area contributed by atoms with Crippen molar-refractivity contribution in [1.29, 1.82) is 0 Å². The molecule has 1 N–H and O–H groups in total. The van der Waals surface area contributed by atoms with Crippen LogP contribution in [0, 0.1) is 0 Å². The van der Waals surface area contributed by atoms with Crippen LogP contribution in [0.5, 0.6) is 0 Å². The van der Waals surface area contributed by atoms with Gasteiger partial charge in [-0.3, -0.25) is 4.79 Å². The molecule has 4 rings (SSSR count). The number of anilines is 1. The maximum Gasteiger partial charge on any atom is 0.270 e. The zero-order valence-corrected chi connectivity index (χ0v) is 15.2. The highest BCUT2D eigenvalue weighted by molar-refractivity contribution is 5.93. The molecule has 1 aromatic carbocycles. The molecule has 26 heavy (non-hydrogen) atoms. The Morgan fingerprint density at radius 1 is 1.04 bits per heavy atom. The van der Waals surface area contributed by atoms with Crippen molar-refractivity contribution in [2.75, 3.05) is 11.4 Å². The number of rotatable bonds is 3. The molecule has 0 saturated heterocycles. The van der Waals surface area contributed by atoms with Crippen molar-refractivity contribution in [3.05, 3.63) is 53.5 Å². The van der Waals surface area contributed by atoms with Crippen LogP contribution in [0.4, 0.5) is 5.82 Å². The predicted octanol–water partition coefficient (Wildman–Crippen LogP) is 3.49. The molecule has 1 amide bonds. The number of carbonyl (C=O) groups excluding carboxylic acids is 1. The zero-order chi connectivity index (χ0) is 17.8. The lowest BCUT2D eigenvalue weighted by Crippen LogP contribution is -2.35. The van der Waals surface area contributed by atoms with Crippen LogP contribution in [0.1, 0.15) is 60.1 Å². The summed E-state index contributed by atoms with van der Waals surface area (Å²) in [5, 5.41) is 3.17. The number of aromatic nitrogens is 2. The van der Waals surface area contributed by atoms with E-state index >= 15 is 0 Å². The fourth-order valence-corrected chi connectivity index (χ4v) is 4.02. The fourth-order valence-electron chi connectivity index (χ4n) is 4.02. The van der Waals surface area contributed by atoms with E-state index in [-0.39, 0.29) is 11.9 Å². The molecule has 1 aliphatic heterocycles. The first-order valence-electron chi connectivity index (χ1n) is 9.74. The highest BCUT2D eigenvalue weighted by Crippen LogP contribution is 2.23. The molecule has 0 radical (unpaired) electrons. The maximum atomic E-state index is 12.6. The lowest BCUT2D eigenvalue weighted by molar-refractivity contribution is 0.0928. The molecule has 2 aromatic rings. The van der Waals surface area contributed by atoms with E-state index in [1.54, 1.807) is 0 Å². The van der Waals surface area contributed by atoms with Gasteiger partial charge in [0.1, 0.15) is 17.8 Å². The van der Waals surface area contributed by atoms with Gasteiger partial charge in [0.2, 0.25) is 0 Å². The summed E-state index contributed by atoms with van der Waals surface area (Å²) in [6.45, 7) is 1.74. The van der Waals surface area contributed by atoms with Gasteiger partial charge in [-0.2, -0.15) is 0 Å². The Bertz CT molecular complexity index is 768. The van der Waals surface area contributed by atoms with Crippen molar-refractivity contribution in [3.8, 4) is 0 Å². The van der Waals surface area contributed by atoms with Gasteiger partial charge in [0.05, 0.1) is 0 Å². The van der Waals surface area contributed by atoms with Crippen LogP contribution in [0.25, 0.3) is 0 Å². The third-order valence-electron chi connectivity index (χ3n) is 5.53. The van der Waals surface area contributed by atoms with Crippen LogP contribution in [0.15, 0.2) is 36.7 Å². The Morgan fingerprint density at radius 3 is 2.62 bits per heavy atom. The fraction of sp³-hybridized carbons (Fsp3) is 0.476. The number of carbonyl (C=O) groups is 1. The van der Waals surface area contributed by atoms with Crippen molar-refractivity contribution in [2.24, 2.45) is 0 Å². The van der Waals surface area contributed by atoms with E-state index in [2.05, 4.69) is 44.5 Å². The summed E-state index contributed by atoms with van der Waals surface area (Å²) in [6.07, 6.45) is 9.63. The van der Waals surface area contributed by atoms with Gasteiger partial charge in [-0.15, -0.1) is 0 Å².